The number of halogens is 1. The summed E-state index contributed by atoms with van der Waals surface area (Å²) in [4.78, 5) is 14.8. The van der Waals surface area contributed by atoms with Crippen molar-refractivity contribution < 1.29 is 14.3 Å². The lowest BCUT2D eigenvalue weighted by atomic mass is 10.1. The van der Waals surface area contributed by atoms with Crippen molar-refractivity contribution >= 4 is 5.97 Å². The standard InChI is InChI=1S/C12H11FN2O2/c1-15-5-4-14-11(15)7-8-2-3-9(12(16)17)10(13)6-8/h2-6H,7H2,1H3,(H,16,17). The van der Waals surface area contributed by atoms with E-state index < -0.39 is 11.8 Å². The van der Waals surface area contributed by atoms with Crippen molar-refractivity contribution in [1.29, 1.82) is 0 Å². The summed E-state index contributed by atoms with van der Waals surface area (Å²) in [5.41, 5.74) is 0.385. The molecular formula is C12H11FN2O2. The minimum Gasteiger partial charge on any atom is -0.478 e. The van der Waals surface area contributed by atoms with Crippen LogP contribution < -0.4 is 0 Å². The Labute approximate surface area is 97.3 Å². The number of carbonyl (C=O) groups is 1. The molecule has 4 nitrogen and oxygen atoms in total. The van der Waals surface area contributed by atoms with Crippen LogP contribution in [0.2, 0.25) is 0 Å². The van der Waals surface area contributed by atoms with Gasteiger partial charge in [0.2, 0.25) is 0 Å². The lowest BCUT2D eigenvalue weighted by molar-refractivity contribution is 0.0692. The molecule has 0 radical (unpaired) electrons. The number of hydrogen-bond donors (Lipinski definition) is 1. The fourth-order valence-corrected chi connectivity index (χ4v) is 1.59. The predicted molar refractivity (Wildman–Crippen MR) is 59.4 cm³/mol. The second-order valence-electron chi connectivity index (χ2n) is 3.75. The van der Waals surface area contributed by atoms with Gasteiger partial charge in [0.25, 0.3) is 0 Å². The smallest absolute Gasteiger partial charge is 0.338 e. The Balaban J connectivity index is 2.27. The van der Waals surface area contributed by atoms with Crippen LogP contribution in [0.25, 0.3) is 0 Å². The number of rotatable bonds is 3. The summed E-state index contributed by atoms with van der Waals surface area (Å²) in [6.45, 7) is 0. The fourth-order valence-electron chi connectivity index (χ4n) is 1.59. The van der Waals surface area contributed by atoms with E-state index in [1.165, 1.54) is 12.1 Å². The van der Waals surface area contributed by atoms with Gasteiger partial charge in [0.05, 0.1) is 5.56 Å². The van der Waals surface area contributed by atoms with Crippen LogP contribution in [0.4, 0.5) is 4.39 Å². The van der Waals surface area contributed by atoms with Gasteiger partial charge in [0, 0.05) is 25.9 Å². The number of imidazole rings is 1. The minimum absolute atomic E-state index is 0.311. The van der Waals surface area contributed by atoms with Crippen molar-refractivity contribution in [2.45, 2.75) is 6.42 Å². The zero-order valence-electron chi connectivity index (χ0n) is 9.22. The summed E-state index contributed by atoms with van der Waals surface area (Å²) in [5, 5.41) is 8.70. The second kappa shape index (κ2) is 4.37. The molecule has 2 rings (SSSR count). The van der Waals surface area contributed by atoms with E-state index in [2.05, 4.69) is 4.98 Å². The molecular weight excluding hydrogens is 223 g/mol. The van der Waals surface area contributed by atoms with Crippen molar-refractivity contribution in [1.82, 2.24) is 9.55 Å². The SMILES string of the molecule is Cn1ccnc1Cc1ccc(C(=O)O)c(F)c1. The van der Waals surface area contributed by atoms with E-state index in [-0.39, 0.29) is 5.56 Å². The first-order valence-electron chi connectivity index (χ1n) is 5.06. The van der Waals surface area contributed by atoms with E-state index in [9.17, 15) is 9.18 Å². The van der Waals surface area contributed by atoms with Crippen molar-refractivity contribution in [2.24, 2.45) is 7.05 Å². The van der Waals surface area contributed by atoms with Gasteiger partial charge in [-0.05, 0) is 17.7 Å². The van der Waals surface area contributed by atoms with Crippen LogP contribution in [0.3, 0.4) is 0 Å². The summed E-state index contributed by atoms with van der Waals surface area (Å²) < 4.78 is 15.3. The molecule has 0 spiro atoms. The maximum Gasteiger partial charge on any atom is 0.338 e. The van der Waals surface area contributed by atoms with E-state index in [0.29, 0.717) is 12.0 Å². The highest BCUT2D eigenvalue weighted by Gasteiger charge is 2.11. The first-order valence-corrected chi connectivity index (χ1v) is 5.06. The molecule has 1 aromatic carbocycles. The predicted octanol–water partition coefficient (Wildman–Crippen LogP) is 1.85. The molecule has 1 aromatic heterocycles. The summed E-state index contributed by atoms with van der Waals surface area (Å²) >= 11 is 0. The van der Waals surface area contributed by atoms with Crippen LogP contribution in [0.1, 0.15) is 21.7 Å². The number of carboxylic acid groups (broad SMARTS) is 1. The second-order valence-corrected chi connectivity index (χ2v) is 3.75. The molecule has 0 unspecified atom stereocenters. The summed E-state index contributed by atoms with van der Waals surface area (Å²) in [6.07, 6.45) is 3.94. The zero-order valence-corrected chi connectivity index (χ0v) is 9.22. The first kappa shape index (κ1) is 11.3. The van der Waals surface area contributed by atoms with E-state index in [4.69, 9.17) is 5.11 Å². The Morgan fingerprint density at radius 3 is 2.82 bits per heavy atom. The van der Waals surface area contributed by atoms with E-state index in [0.717, 1.165) is 5.82 Å². The third kappa shape index (κ3) is 2.33. The van der Waals surface area contributed by atoms with E-state index in [1.54, 1.807) is 18.5 Å². The maximum atomic E-state index is 13.4. The van der Waals surface area contributed by atoms with Crippen LogP contribution in [0.5, 0.6) is 0 Å². The maximum absolute atomic E-state index is 13.4. The van der Waals surface area contributed by atoms with Crippen molar-refractivity contribution in [3.8, 4) is 0 Å². The van der Waals surface area contributed by atoms with Gasteiger partial charge >= 0.3 is 5.97 Å². The molecule has 5 heteroatoms. The largest absolute Gasteiger partial charge is 0.478 e. The van der Waals surface area contributed by atoms with Gasteiger partial charge in [-0.2, -0.15) is 0 Å². The average Bonchev–Trinajstić information content (AvgIpc) is 2.64. The molecule has 0 aliphatic heterocycles. The number of aromatic nitrogens is 2. The van der Waals surface area contributed by atoms with E-state index in [1.807, 2.05) is 11.6 Å². The summed E-state index contributed by atoms with van der Waals surface area (Å²) in [7, 11) is 1.85. The molecule has 0 aliphatic carbocycles. The normalized spacial score (nSPS) is 10.5. The minimum atomic E-state index is -1.26. The van der Waals surface area contributed by atoms with E-state index >= 15 is 0 Å². The van der Waals surface area contributed by atoms with Gasteiger partial charge in [-0.3, -0.25) is 0 Å². The summed E-state index contributed by atoms with van der Waals surface area (Å²) in [5.74, 6) is -1.18. The van der Waals surface area contributed by atoms with Gasteiger partial charge in [-0.1, -0.05) is 6.07 Å². The van der Waals surface area contributed by atoms with Crippen LogP contribution in [0, 0.1) is 5.82 Å². The Morgan fingerprint density at radius 1 is 1.53 bits per heavy atom. The number of benzene rings is 1. The summed E-state index contributed by atoms with van der Waals surface area (Å²) in [6, 6.07) is 4.11. The molecule has 0 atom stereocenters. The highest BCUT2D eigenvalue weighted by molar-refractivity contribution is 5.87. The van der Waals surface area contributed by atoms with Gasteiger partial charge in [0.15, 0.2) is 0 Å². The van der Waals surface area contributed by atoms with Crippen molar-refractivity contribution in [3.63, 3.8) is 0 Å². The van der Waals surface area contributed by atoms with Gasteiger partial charge in [0.1, 0.15) is 11.6 Å². The lowest BCUT2D eigenvalue weighted by Crippen LogP contribution is -2.03. The molecule has 0 fully saturated rings. The van der Waals surface area contributed by atoms with Crippen LogP contribution >= 0.6 is 0 Å². The Morgan fingerprint density at radius 2 is 2.29 bits per heavy atom. The van der Waals surface area contributed by atoms with Gasteiger partial charge in [-0.15, -0.1) is 0 Å². The Kier molecular flexibility index (Phi) is 2.91. The Hall–Kier alpha value is -2.17. The fraction of sp³-hybridized carbons (Fsp3) is 0.167. The molecule has 0 amide bonds. The number of aromatic carboxylic acids is 1. The lowest BCUT2D eigenvalue weighted by Gasteiger charge is -2.04. The Bertz CT molecular complexity index is 563. The number of aryl methyl sites for hydroxylation is 1. The molecule has 1 N–H and O–H groups in total. The topological polar surface area (TPSA) is 55.1 Å². The van der Waals surface area contributed by atoms with Crippen molar-refractivity contribution in [2.75, 3.05) is 0 Å². The van der Waals surface area contributed by atoms with Crippen LogP contribution in [0.15, 0.2) is 30.6 Å². The van der Waals surface area contributed by atoms with Crippen LogP contribution in [-0.2, 0) is 13.5 Å². The molecule has 2 aromatic rings. The highest BCUT2D eigenvalue weighted by atomic mass is 19.1. The molecule has 0 saturated carbocycles. The molecule has 1 heterocycles. The third-order valence-corrected chi connectivity index (χ3v) is 2.55. The highest BCUT2D eigenvalue weighted by Crippen LogP contribution is 2.13. The quantitative estimate of drug-likeness (QED) is 0.881. The number of hydrogen-bond acceptors (Lipinski definition) is 2. The molecule has 88 valence electrons. The monoisotopic (exact) mass is 234 g/mol. The number of nitrogens with zero attached hydrogens (tertiary/aromatic N) is 2. The average molecular weight is 234 g/mol. The van der Waals surface area contributed by atoms with Crippen molar-refractivity contribution in [3.05, 3.63) is 53.4 Å². The molecule has 0 saturated heterocycles. The van der Waals surface area contributed by atoms with Gasteiger partial charge in [-0.25, -0.2) is 14.2 Å². The zero-order chi connectivity index (χ0) is 12.4. The first-order chi connectivity index (χ1) is 8.08. The van der Waals surface area contributed by atoms with Gasteiger partial charge < -0.3 is 9.67 Å². The molecule has 17 heavy (non-hydrogen) atoms. The number of carboxylic acids is 1. The molecule has 0 bridgehead atoms. The molecule has 0 aliphatic rings. The third-order valence-electron chi connectivity index (χ3n) is 2.55. The van der Waals surface area contributed by atoms with Crippen LogP contribution in [-0.4, -0.2) is 20.6 Å².